The topological polar surface area (TPSA) is 58.4 Å². The number of hydrogen-bond acceptors (Lipinski definition) is 5. The Morgan fingerprint density at radius 2 is 2.22 bits per heavy atom. The molecule has 7 heteroatoms. The third-order valence-corrected chi connectivity index (χ3v) is 5.17. The lowest BCUT2D eigenvalue weighted by Crippen LogP contribution is -2.53. The van der Waals surface area contributed by atoms with Crippen molar-refractivity contribution in [2.24, 2.45) is 0 Å². The summed E-state index contributed by atoms with van der Waals surface area (Å²) in [7, 11) is 1.72. The fourth-order valence-corrected chi connectivity index (χ4v) is 4.17. The van der Waals surface area contributed by atoms with Crippen molar-refractivity contribution in [2.75, 3.05) is 20.3 Å². The smallest absolute Gasteiger partial charge is 0.230 e. The molecular weight excluding hydrogens is 362 g/mol. The van der Waals surface area contributed by atoms with Crippen molar-refractivity contribution in [3.05, 3.63) is 16.7 Å². The van der Waals surface area contributed by atoms with E-state index < -0.39 is 0 Å². The summed E-state index contributed by atoms with van der Waals surface area (Å²) in [4.78, 5) is 4.54. The molecule has 3 fully saturated rings. The summed E-state index contributed by atoms with van der Waals surface area (Å²) in [6.45, 7) is 5.29. The minimum Gasteiger partial charge on any atom is -0.474 e. The van der Waals surface area contributed by atoms with Crippen LogP contribution >= 0.6 is 15.9 Å². The first kappa shape index (κ1) is 15.4. The summed E-state index contributed by atoms with van der Waals surface area (Å²) in [5.41, 5.74) is 0.534. The highest BCUT2D eigenvalue weighted by Crippen LogP contribution is 2.56. The number of rotatable bonds is 5. The first-order chi connectivity index (χ1) is 11.0. The Kier molecular flexibility index (Phi) is 3.44. The van der Waals surface area contributed by atoms with Crippen molar-refractivity contribution in [3.63, 3.8) is 0 Å². The molecule has 2 aliphatic heterocycles. The number of methoxy groups -OCH3 is 1. The molecule has 1 aliphatic carbocycles. The average Bonchev–Trinajstić information content (AvgIpc) is 3.09. The molecule has 4 heterocycles. The van der Waals surface area contributed by atoms with Gasteiger partial charge in [0.05, 0.1) is 34.9 Å². The van der Waals surface area contributed by atoms with Gasteiger partial charge in [-0.3, -0.25) is 4.68 Å². The van der Waals surface area contributed by atoms with Crippen LogP contribution in [0.1, 0.15) is 26.7 Å². The molecule has 3 aliphatic rings. The zero-order chi connectivity index (χ0) is 16.2. The minimum atomic E-state index is -0.118. The van der Waals surface area contributed by atoms with Crippen LogP contribution in [0, 0.1) is 0 Å². The zero-order valence-corrected chi connectivity index (χ0v) is 15.1. The number of pyridine rings is 1. The van der Waals surface area contributed by atoms with Gasteiger partial charge in [-0.1, -0.05) is 0 Å². The molecule has 0 unspecified atom stereocenters. The highest BCUT2D eigenvalue weighted by Gasteiger charge is 2.64. The van der Waals surface area contributed by atoms with Crippen LogP contribution in [0.25, 0.3) is 11.0 Å². The van der Waals surface area contributed by atoms with Gasteiger partial charge in [0, 0.05) is 31.5 Å². The van der Waals surface area contributed by atoms with Gasteiger partial charge in [0.25, 0.3) is 0 Å². The lowest BCUT2D eigenvalue weighted by Gasteiger charge is -2.43. The molecule has 0 aromatic carbocycles. The van der Waals surface area contributed by atoms with Crippen LogP contribution in [0.5, 0.6) is 5.88 Å². The number of nitrogens with zero attached hydrogens (tertiary/aromatic N) is 3. The largest absolute Gasteiger partial charge is 0.474 e. The summed E-state index contributed by atoms with van der Waals surface area (Å²) in [6, 6.07) is 2.01. The van der Waals surface area contributed by atoms with Crippen LogP contribution < -0.4 is 4.74 Å². The van der Waals surface area contributed by atoms with Crippen molar-refractivity contribution < 1.29 is 14.2 Å². The third kappa shape index (κ3) is 2.37. The van der Waals surface area contributed by atoms with Crippen molar-refractivity contribution in [1.29, 1.82) is 0 Å². The summed E-state index contributed by atoms with van der Waals surface area (Å²) in [6.07, 6.45) is 4.01. The molecular formula is C16H20BrN3O3. The Morgan fingerprint density at radius 3 is 2.91 bits per heavy atom. The van der Waals surface area contributed by atoms with E-state index in [2.05, 4.69) is 32.2 Å². The Labute approximate surface area is 143 Å². The van der Waals surface area contributed by atoms with E-state index in [4.69, 9.17) is 14.2 Å². The first-order valence-electron chi connectivity index (χ1n) is 7.81. The molecule has 2 saturated heterocycles. The Morgan fingerprint density at radius 1 is 1.43 bits per heavy atom. The second-order valence-electron chi connectivity index (χ2n) is 6.91. The van der Waals surface area contributed by atoms with E-state index in [9.17, 15) is 0 Å². The molecule has 2 aromatic heterocycles. The van der Waals surface area contributed by atoms with E-state index in [-0.39, 0.29) is 17.2 Å². The van der Waals surface area contributed by atoms with Crippen LogP contribution in [0.4, 0.5) is 0 Å². The SMILES string of the molecule is COCC12CC(n3cc4cc(Br)c(OC(C)C)nc4n3)(CO1)C2. The zero-order valence-electron chi connectivity index (χ0n) is 13.5. The Balaban J connectivity index is 1.66. The summed E-state index contributed by atoms with van der Waals surface area (Å²) < 4.78 is 19.8. The summed E-state index contributed by atoms with van der Waals surface area (Å²) in [5, 5.41) is 5.69. The fourth-order valence-electron chi connectivity index (χ4n) is 3.74. The van der Waals surface area contributed by atoms with Crippen LogP contribution in [0.2, 0.25) is 0 Å². The lowest BCUT2D eigenvalue weighted by atomic mass is 9.69. The molecule has 2 bridgehead atoms. The number of halogens is 1. The number of hydrogen-bond donors (Lipinski definition) is 0. The standard InChI is InChI=1S/C16H20BrN3O3/c1-10(2)23-14-12(17)4-11-5-20(19-13(11)18-14)15-6-16(7-15,9-21-3)22-8-15/h4-5,10H,6-9H2,1-3H3. The second-order valence-corrected chi connectivity index (χ2v) is 7.77. The van der Waals surface area contributed by atoms with E-state index in [0.29, 0.717) is 24.7 Å². The van der Waals surface area contributed by atoms with Crippen molar-refractivity contribution >= 4 is 27.0 Å². The van der Waals surface area contributed by atoms with E-state index in [1.165, 1.54) is 0 Å². The Hall–Kier alpha value is -1.18. The summed E-state index contributed by atoms with van der Waals surface area (Å²) in [5.74, 6) is 0.584. The van der Waals surface area contributed by atoms with E-state index in [1.807, 2.05) is 24.6 Å². The maximum atomic E-state index is 5.97. The highest BCUT2D eigenvalue weighted by molar-refractivity contribution is 9.10. The van der Waals surface area contributed by atoms with Gasteiger partial charge >= 0.3 is 0 Å². The van der Waals surface area contributed by atoms with Crippen LogP contribution in [0.15, 0.2) is 16.7 Å². The number of fused-ring (bicyclic) bond motifs is 2. The van der Waals surface area contributed by atoms with Gasteiger partial charge in [-0.25, -0.2) is 0 Å². The van der Waals surface area contributed by atoms with Gasteiger partial charge in [-0.05, 0) is 35.8 Å². The minimum absolute atomic E-state index is 0.0508. The predicted molar refractivity (Wildman–Crippen MR) is 88.8 cm³/mol. The quantitative estimate of drug-likeness (QED) is 0.796. The van der Waals surface area contributed by atoms with Gasteiger partial charge in [-0.2, -0.15) is 10.1 Å². The maximum absolute atomic E-state index is 5.97. The molecule has 6 nitrogen and oxygen atoms in total. The van der Waals surface area contributed by atoms with Gasteiger partial charge in [0.2, 0.25) is 5.88 Å². The highest BCUT2D eigenvalue weighted by atomic mass is 79.9. The Bertz CT molecular complexity index is 752. The monoisotopic (exact) mass is 381 g/mol. The molecule has 2 aromatic rings. The first-order valence-corrected chi connectivity index (χ1v) is 8.61. The van der Waals surface area contributed by atoms with Crippen LogP contribution in [0.3, 0.4) is 0 Å². The summed E-state index contributed by atoms with van der Waals surface area (Å²) >= 11 is 3.53. The third-order valence-electron chi connectivity index (χ3n) is 4.61. The van der Waals surface area contributed by atoms with Gasteiger partial charge in [0.15, 0.2) is 5.65 Å². The number of aromatic nitrogens is 3. The molecule has 0 amide bonds. The molecule has 23 heavy (non-hydrogen) atoms. The maximum Gasteiger partial charge on any atom is 0.230 e. The van der Waals surface area contributed by atoms with Crippen LogP contribution in [-0.2, 0) is 15.0 Å². The van der Waals surface area contributed by atoms with E-state index in [0.717, 1.165) is 22.7 Å². The molecule has 0 spiro atoms. The van der Waals surface area contributed by atoms with Gasteiger partial charge < -0.3 is 14.2 Å². The van der Waals surface area contributed by atoms with Crippen LogP contribution in [-0.4, -0.2) is 46.8 Å². The molecule has 0 radical (unpaired) electrons. The molecule has 0 N–H and O–H groups in total. The van der Waals surface area contributed by atoms with E-state index >= 15 is 0 Å². The fraction of sp³-hybridized carbons (Fsp3) is 0.625. The predicted octanol–water partition coefficient (Wildman–Crippen LogP) is 2.89. The van der Waals surface area contributed by atoms with Gasteiger partial charge in [0.1, 0.15) is 0 Å². The molecule has 124 valence electrons. The van der Waals surface area contributed by atoms with Crippen molar-refractivity contribution in [2.45, 2.75) is 43.9 Å². The lowest BCUT2D eigenvalue weighted by molar-refractivity contribution is -0.0694. The van der Waals surface area contributed by atoms with Gasteiger partial charge in [-0.15, -0.1) is 0 Å². The van der Waals surface area contributed by atoms with E-state index in [1.54, 1.807) is 7.11 Å². The molecule has 0 atom stereocenters. The average molecular weight is 382 g/mol. The normalized spacial score (nSPS) is 29.3. The van der Waals surface area contributed by atoms with Crippen molar-refractivity contribution in [3.8, 4) is 5.88 Å². The molecule has 5 rings (SSSR count). The number of ether oxygens (including phenoxy) is 3. The second kappa shape index (κ2) is 5.16. The molecule has 1 saturated carbocycles. The van der Waals surface area contributed by atoms with Crippen molar-refractivity contribution in [1.82, 2.24) is 14.8 Å².